The molecule has 4 fully saturated rings. The minimum absolute atomic E-state index is 0.0888. The zero-order valence-electron chi connectivity index (χ0n) is 18.9. The SMILES string of the molecule is COC(=O)CC[C@@H](C)C1CCC2C3C[C@H](O)C4C[C@H](O)CCC4(C)C3CCC21C. The second-order valence-corrected chi connectivity index (χ2v) is 11.5. The number of ether oxygens (including phenoxy) is 1. The number of aliphatic hydroxyl groups is 2. The third-order valence-corrected chi connectivity index (χ3v) is 10.4. The average Bonchev–Trinajstić information content (AvgIpc) is 3.05. The van der Waals surface area contributed by atoms with E-state index >= 15 is 0 Å². The van der Waals surface area contributed by atoms with Gasteiger partial charge in [-0.25, -0.2) is 0 Å². The summed E-state index contributed by atoms with van der Waals surface area (Å²) >= 11 is 0. The van der Waals surface area contributed by atoms with Crippen molar-refractivity contribution in [2.45, 2.75) is 97.2 Å². The Bertz CT molecular complexity index is 620. The van der Waals surface area contributed by atoms with Gasteiger partial charge in [-0.05, 0) is 104 Å². The molecular weight excluding hydrogens is 364 g/mol. The Morgan fingerprint density at radius 3 is 2.41 bits per heavy atom. The second kappa shape index (κ2) is 7.82. The van der Waals surface area contributed by atoms with Gasteiger partial charge in [0.05, 0.1) is 19.3 Å². The van der Waals surface area contributed by atoms with E-state index < -0.39 is 0 Å². The predicted molar refractivity (Wildman–Crippen MR) is 113 cm³/mol. The largest absolute Gasteiger partial charge is 0.469 e. The zero-order valence-corrected chi connectivity index (χ0v) is 18.9. The topological polar surface area (TPSA) is 66.8 Å². The number of rotatable bonds is 4. The first-order valence-electron chi connectivity index (χ1n) is 12.1. The lowest BCUT2D eigenvalue weighted by atomic mass is 9.44. The molecule has 0 amide bonds. The van der Waals surface area contributed by atoms with Crippen molar-refractivity contribution in [3.63, 3.8) is 0 Å². The Balaban J connectivity index is 1.52. The monoisotopic (exact) mass is 406 g/mol. The first-order valence-corrected chi connectivity index (χ1v) is 12.1. The van der Waals surface area contributed by atoms with Crippen LogP contribution >= 0.6 is 0 Å². The molecule has 4 rings (SSSR count). The molecule has 4 heteroatoms. The maximum Gasteiger partial charge on any atom is 0.305 e. The molecule has 0 heterocycles. The van der Waals surface area contributed by atoms with E-state index in [0.29, 0.717) is 41.4 Å². The van der Waals surface area contributed by atoms with E-state index in [0.717, 1.165) is 32.1 Å². The number of methoxy groups -OCH3 is 1. The molecule has 29 heavy (non-hydrogen) atoms. The maximum atomic E-state index is 11.6. The summed E-state index contributed by atoms with van der Waals surface area (Å²) in [4.78, 5) is 11.6. The fourth-order valence-electron chi connectivity index (χ4n) is 8.90. The highest BCUT2D eigenvalue weighted by Gasteiger charge is 2.62. The zero-order chi connectivity index (χ0) is 21.0. The number of carbonyl (C=O) groups excluding carboxylic acids is 1. The van der Waals surface area contributed by atoms with Crippen LogP contribution in [0.15, 0.2) is 0 Å². The third kappa shape index (κ3) is 3.46. The van der Waals surface area contributed by atoms with Crippen LogP contribution < -0.4 is 0 Å². The van der Waals surface area contributed by atoms with Crippen molar-refractivity contribution >= 4 is 5.97 Å². The van der Waals surface area contributed by atoms with Crippen molar-refractivity contribution < 1.29 is 19.7 Å². The van der Waals surface area contributed by atoms with Crippen LogP contribution in [0.4, 0.5) is 0 Å². The van der Waals surface area contributed by atoms with Crippen LogP contribution in [0, 0.1) is 46.3 Å². The lowest BCUT2D eigenvalue weighted by Crippen LogP contribution is -2.58. The summed E-state index contributed by atoms with van der Waals surface area (Å²) < 4.78 is 4.86. The molecule has 0 bridgehead atoms. The van der Waals surface area contributed by atoms with E-state index in [1.54, 1.807) is 0 Å². The van der Waals surface area contributed by atoms with E-state index in [9.17, 15) is 15.0 Å². The number of hydrogen-bond acceptors (Lipinski definition) is 4. The Hall–Kier alpha value is -0.610. The molecular formula is C25H42O4. The number of fused-ring (bicyclic) bond motifs is 5. The summed E-state index contributed by atoms with van der Waals surface area (Å²) in [5, 5.41) is 21.3. The summed E-state index contributed by atoms with van der Waals surface area (Å²) in [5.74, 6) is 3.42. The molecule has 0 aromatic heterocycles. The van der Waals surface area contributed by atoms with Gasteiger partial charge in [-0.3, -0.25) is 4.79 Å². The molecule has 4 aliphatic rings. The van der Waals surface area contributed by atoms with Crippen LogP contribution in [0.25, 0.3) is 0 Å². The Kier molecular flexibility index (Phi) is 5.83. The summed E-state index contributed by atoms with van der Waals surface area (Å²) in [6, 6.07) is 0. The van der Waals surface area contributed by atoms with Gasteiger partial charge >= 0.3 is 5.97 Å². The van der Waals surface area contributed by atoms with Crippen molar-refractivity contribution in [2.24, 2.45) is 46.3 Å². The molecule has 0 spiro atoms. The minimum atomic E-state index is -0.255. The molecule has 10 atom stereocenters. The van der Waals surface area contributed by atoms with E-state index in [4.69, 9.17) is 4.74 Å². The fraction of sp³-hybridized carbons (Fsp3) is 0.960. The van der Waals surface area contributed by atoms with Gasteiger partial charge in [0.25, 0.3) is 0 Å². The van der Waals surface area contributed by atoms with E-state index in [2.05, 4.69) is 20.8 Å². The van der Waals surface area contributed by atoms with Crippen molar-refractivity contribution in [1.29, 1.82) is 0 Å². The van der Waals surface area contributed by atoms with Gasteiger partial charge in [0.2, 0.25) is 0 Å². The highest BCUT2D eigenvalue weighted by atomic mass is 16.5. The van der Waals surface area contributed by atoms with Gasteiger partial charge in [0.1, 0.15) is 0 Å². The second-order valence-electron chi connectivity index (χ2n) is 11.5. The molecule has 4 saturated carbocycles. The van der Waals surface area contributed by atoms with Gasteiger partial charge in [0.15, 0.2) is 0 Å². The average molecular weight is 407 g/mol. The standard InChI is InChI=1S/C25H42O4/c1-15(5-8-23(28)29-4)18-6-7-19-17-14-22(27)21-13-16(26)9-11-25(21,3)20(17)10-12-24(18,19)2/h15-22,26-27H,5-14H2,1-4H3/t15-,16-,17?,18?,19?,20?,21?,22+,24?,25?/m1/s1. The lowest BCUT2D eigenvalue weighted by Gasteiger charge is -2.62. The van der Waals surface area contributed by atoms with E-state index in [1.807, 2.05) is 0 Å². The summed E-state index contributed by atoms with van der Waals surface area (Å²) in [5.41, 5.74) is 0.533. The molecule has 4 nitrogen and oxygen atoms in total. The van der Waals surface area contributed by atoms with Crippen molar-refractivity contribution in [1.82, 2.24) is 0 Å². The van der Waals surface area contributed by atoms with Crippen LogP contribution in [0.1, 0.15) is 85.0 Å². The molecule has 2 N–H and O–H groups in total. The molecule has 0 aliphatic heterocycles. The number of carbonyl (C=O) groups is 1. The first kappa shape index (κ1) is 21.6. The van der Waals surface area contributed by atoms with Crippen LogP contribution in [-0.4, -0.2) is 35.5 Å². The number of aliphatic hydroxyl groups excluding tert-OH is 2. The molecule has 0 aromatic carbocycles. The fourth-order valence-corrected chi connectivity index (χ4v) is 8.90. The highest BCUT2D eigenvalue weighted by molar-refractivity contribution is 5.69. The first-order chi connectivity index (χ1) is 13.7. The smallest absolute Gasteiger partial charge is 0.305 e. The molecule has 0 radical (unpaired) electrons. The number of esters is 1. The Morgan fingerprint density at radius 1 is 1.00 bits per heavy atom. The normalized spacial score (nSPS) is 50.2. The molecule has 4 aliphatic carbocycles. The highest BCUT2D eigenvalue weighted by Crippen LogP contribution is 2.68. The summed E-state index contributed by atoms with van der Waals surface area (Å²) in [6.45, 7) is 7.28. The minimum Gasteiger partial charge on any atom is -0.469 e. The predicted octanol–water partition coefficient (Wildman–Crippen LogP) is 4.57. The van der Waals surface area contributed by atoms with Gasteiger partial charge in [-0.15, -0.1) is 0 Å². The molecule has 0 aromatic rings. The van der Waals surface area contributed by atoms with Crippen LogP contribution in [0.3, 0.4) is 0 Å². The molecule has 166 valence electrons. The van der Waals surface area contributed by atoms with Crippen LogP contribution in [0.5, 0.6) is 0 Å². The van der Waals surface area contributed by atoms with Gasteiger partial charge in [0, 0.05) is 6.42 Å². The third-order valence-electron chi connectivity index (χ3n) is 10.4. The quantitative estimate of drug-likeness (QED) is 0.671. The number of hydrogen-bond donors (Lipinski definition) is 2. The molecule has 0 saturated heterocycles. The van der Waals surface area contributed by atoms with Gasteiger partial charge in [-0.2, -0.15) is 0 Å². The van der Waals surface area contributed by atoms with Crippen molar-refractivity contribution in [3.8, 4) is 0 Å². The summed E-state index contributed by atoms with van der Waals surface area (Å²) in [7, 11) is 1.48. The van der Waals surface area contributed by atoms with E-state index in [1.165, 1.54) is 32.8 Å². The van der Waals surface area contributed by atoms with Crippen LogP contribution in [0.2, 0.25) is 0 Å². The Labute approximate surface area is 176 Å². The molecule has 7 unspecified atom stereocenters. The Morgan fingerprint density at radius 2 is 1.69 bits per heavy atom. The van der Waals surface area contributed by atoms with E-state index in [-0.39, 0.29) is 29.5 Å². The van der Waals surface area contributed by atoms with Crippen molar-refractivity contribution in [2.75, 3.05) is 7.11 Å². The maximum absolute atomic E-state index is 11.6. The lowest BCUT2D eigenvalue weighted by molar-refractivity contribution is -0.172. The van der Waals surface area contributed by atoms with Crippen molar-refractivity contribution in [3.05, 3.63) is 0 Å². The summed E-state index contributed by atoms with van der Waals surface area (Å²) in [6.07, 6.45) is 9.77. The van der Waals surface area contributed by atoms with Gasteiger partial charge in [-0.1, -0.05) is 20.8 Å². The van der Waals surface area contributed by atoms with Gasteiger partial charge < -0.3 is 14.9 Å². The van der Waals surface area contributed by atoms with Crippen LogP contribution in [-0.2, 0) is 9.53 Å².